The van der Waals surface area contributed by atoms with Crippen molar-refractivity contribution in [1.29, 1.82) is 0 Å². The summed E-state index contributed by atoms with van der Waals surface area (Å²) in [5.41, 5.74) is 9.33. The summed E-state index contributed by atoms with van der Waals surface area (Å²) < 4.78 is 0. The molecule has 174 valence electrons. The molecule has 2 aromatic carbocycles. The number of carboxylic acids is 1. The number of thiazole rings is 1. The summed E-state index contributed by atoms with van der Waals surface area (Å²) in [4.78, 5) is 29.3. The minimum Gasteiger partial charge on any atom is -0.481 e. The Bertz CT molecular complexity index is 1160. The molecule has 1 unspecified atom stereocenters. The Kier molecular flexibility index (Phi) is 8.10. The molecule has 6 nitrogen and oxygen atoms in total. The number of benzene rings is 2. The Morgan fingerprint density at radius 2 is 1.94 bits per heavy atom. The number of hydrogen-bond donors (Lipinski definition) is 3. The van der Waals surface area contributed by atoms with Gasteiger partial charge in [-0.05, 0) is 61.1 Å². The lowest BCUT2D eigenvalue weighted by Gasteiger charge is -2.13. The number of halogens is 1. The fourth-order valence-electron chi connectivity index (χ4n) is 3.55. The molecular weight excluding hydrogens is 458 g/mol. The molecule has 1 heterocycles. The van der Waals surface area contributed by atoms with Crippen LogP contribution in [-0.2, 0) is 17.6 Å². The minimum absolute atomic E-state index is 0.212. The smallest absolute Gasteiger partial charge is 0.308 e. The van der Waals surface area contributed by atoms with Crippen LogP contribution in [0.2, 0.25) is 5.02 Å². The Morgan fingerprint density at radius 1 is 1.18 bits per heavy atom. The third-order valence-corrected chi connectivity index (χ3v) is 6.72. The van der Waals surface area contributed by atoms with E-state index < -0.39 is 17.8 Å². The summed E-state index contributed by atoms with van der Waals surface area (Å²) in [7, 11) is 0. The van der Waals surface area contributed by atoms with Crippen molar-refractivity contribution in [3.05, 3.63) is 69.1 Å². The zero-order valence-corrected chi connectivity index (χ0v) is 20.5. The molecule has 0 aliphatic heterocycles. The number of rotatable bonds is 10. The summed E-state index contributed by atoms with van der Waals surface area (Å²) in [5, 5.41) is 14.4. The number of carbonyl (C=O) groups excluding carboxylic acids is 1. The Hall–Kier alpha value is -2.90. The van der Waals surface area contributed by atoms with Crippen LogP contribution in [0.25, 0.3) is 11.3 Å². The second-order valence-corrected chi connectivity index (χ2v) is 10.0. The van der Waals surface area contributed by atoms with Crippen LogP contribution in [0, 0.1) is 18.8 Å². The lowest BCUT2D eigenvalue weighted by molar-refractivity contribution is -0.141. The maximum atomic E-state index is 11.9. The number of amides is 1. The molecule has 33 heavy (non-hydrogen) atoms. The van der Waals surface area contributed by atoms with Gasteiger partial charge >= 0.3 is 5.97 Å². The molecule has 0 aliphatic rings. The Morgan fingerprint density at radius 3 is 2.58 bits per heavy atom. The number of carbonyl (C=O) groups is 2. The zero-order valence-electron chi connectivity index (χ0n) is 18.9. The number of aromatic nitrogens is 1. The van der Waals surface area contributed by atoms with E-state index in [9.17, 15) is 14.7 Å². The molecule has 0 radical (unpaired) electrons. The van der Waals surface area contributed by atoms with Crippen LogP contribution in [0.15, 0.2) is 42.5 Å². The van der Waals surface area contributed by atoms with Gasteiger partial charge in [-0.1, -0.05) is 43.6 Å². The number of nitrogens with zero attached hydrogens (tertiary/aromatic N) is 1. The van der Waals surface area contributed by atoms with Crippen LogP contribution in [0.4, 0.5) is 5.13 Å². The predicted molar refractivity (Wildman–Crippen MR) is 134 cm³/mol. The third kappa shape index (κ3) is 6.55. The van der Waals surface area contributed by atoms with E-state index in [2.05, 4.69) is 19.2 Å². The Labute approximate surface area is 202 Å². The van der Waals surface area contributed by atoms with Crippen molar-refractivity contribution < 1.29 is 14.7 Å². The van der Waals surface area contributed by atoms with E-state index in [1.807, 2.05) is 25.1 Å². The molecule has 1 amide bonds. The third-order valence-electron chi connectivity index (χ3n) is 5.26. The fourth-order valence-corrected chi connectivity index (χ4v) is 4.87. The number of aryl methyl sites for hydroxylation is 1. The van der Waals surface area contributed by atoms with Crippen LogP contribution in [0.1, 0.15) is 40.2 Å². The minimum atomic E-state index is -0.917. The van der Waals surface area contributed by atoms with Gasteiger partial charge in [0.05, 0.1) is 11.6 Å². The van der Waals surface area contributed by atoms with Crippen molar-refractivity contribution in [3.63, 3.8) is 0 Å². The molecule has 3 aromatic rings. The summed E-state index contributed by atoms with van der Waals surface area (Å²) in [5.74, 6) is -1.69. The quantitative estimate of drug-likeness (QED) is 0.355. The number of nitrogens with two attached hydrogens (primary N) is 1. The molecule has 0 bridgehead atoms. The van der Waals surface area contributed by atoms with Gasteiger partial charge in [0.25, 0.3) is 0 Å². The summed E-state index contributed by atoms with van der Waals surface area (Å²) >= 11 is 7.74. The van der Waals surface area contributed by atoms with Crippen LogP contribution in [0.3, 0.4) is 0 Å². The normalized spacial score (nSPS) is 12.0. The van der Waals surface area contributed by atoms with Crippen molar-refractivity contribution in [2.24, 2.45) is 17.6 Å². The molecule has 0 saturated heterocycles. The molecule has 1 aromatic heterocycles. The first-order valence-electron chi connectivity index (χ1n) is 10.8. The van der Waals surface area contributed by atoms with E-state index in [-0.39, 0.29) is 13.0 Å². The lowest BCUT2D eigenvalue weighted by atomic mass is 9.98. The number of hydrogen-bond acceptors (Lipinski definition) is 5. The second kappa shape index (κ2) is 10.8. The number of carboxylic acid groups (broad SMARTS) is 1. The van der Waals surface area contributed by atoms with E-state index in [4.69, 9.17) is 22.3 Å². The second-order valence-electron chi connectivity index (χ2n) is 8.54. The molecule has 0 saturated carbocycles. The van der Waals surface area contributed by atoms with E-state index in [0.29, 0.717) is 21.6 Å². The van der Waals surface area contributed by atoms with Crippen molar-refractivity contribution in [2.75, 3.05) is 11.9 Å². The monoisotopic (exact) mass is 485 g/mol. The van der Waals surface area contributed by atoms with Crippen molar-refractivity contribution in [1.82, 2.24) is 4.98 Å². The average Bonchev–Trinajstić information content (AvgIpc) is 3.14. The van der Waals surface area contributed by atoms with Crippen LogP contribution in [0.5, 0.6) is 0 Å². The highest BCUT2D eigenvalue weighted by Crippen LogP contribution is 2.34. The summed E-state index contributed by atoms with van der Waals surface area (Å²) in [6.07, 6.45) is 1.15. The molecule has 0 aliphatic carbocycles. The summed E-state index contributed by atoms with van der Waals surface area (Å²) in [6, 6.07) is 12.6. The standard InChI is InChI=1S/C25H28ClN3O3S/c1-14(2)9-21-22(17-7-8-20(26)15(3)10-17)29-25(33-21)28-13-19(24(31)32)12-16-5-4-6-18(11-16)23(27)30/h4-8,10-11,14,19H,9,12-13H2,1-3H3,(H2,27,30)(H,28,29)(H,31,32). The molecule has 0 spiro atoms. The SMILES string of the molecule is Cc1cc(-c2nc(NCC(Cc3cccc(C(N)=O)c3)C(=O)O)sc2CC(C)C)ccc1Cl. The molecule has 3 rings (SSSR count). The Balaban J connectivity index is 1.80. The molecular formula is C25H28ClN3O3S. The van der Waals surface area contributed by atoms with Gasteiger partial charge in [0.1, 0.15) is 0 Å². The van der Waals surface area contributed by atoms with Gasteiger partial charge in [-0.15, -0.1) is 11.3 Å². The fraction of sp³-hybridized carbons (Fsp3) is 0.320. The molecule has 1 atom stereocenters. The van der Waals surface area contributed by atoms with Gasteiger partial charge in [0.2, 0.25) is 5.91 Å². The topological polar surface area (TPSA) is 105 Å². The van der Waals surface area contributed by atoms with Crippen molar-refractivity contribution in [2.45, 2.75) is 33.6 Å². The zero-order chi connectivity index (χ0) is 24.1. The largest absolute Gasteiger partial charge is 0.481 e. The predicted octanol–water partition coefficient (Wildman–Crippen LogP) is 5.42. The van der Waals surface area contributed by atoms with Crippen LogP contribution >= 0.6 is 22.9 Å². The first-order chi connectivity index (χ1) is 15.6. The molecule has 8 heteroatoms. The van der Waals surface area contributed by atoms with Crippen LogP contribution in [-0.4, -0.2) is 28.5 Å². The molecule has 0 fully saturated rings. The molecule has 4 N–H and O–H groups in total. The van der Waals surface area contributed by atoms with Gasteiger partial charge in [0.15, 0.2) is 5.13 Å². The van der Waals surface area contributed by atoms with E-state index >= 15 is 0 Å². The van der Waals surface area contributed by atoms with Gasteiger partial charge in [0, 0.05) is 27.6 Å². The first-order valence-corrected chi connectivity index (χ1v) is 11.9. The van der Waals surface area contributed by atoms with Crippen molar-refractivity contribution >= 4 is 39.9 Å². The van der Waals surface area contributed by atoms with Crippen molar-refractivity contribution in [3.8, 4) is 11.3 Å². The number of anilines is 1. The van der Waals surface area contributed by atoms with Gasteiger partial charge in [-0.25, -0.2) is 4.98 Å². The van der Waals surface area contributed by atoms with E-state index in [1.165, 1.54) is 0 Å². The average molecular weight is 486 g/mol. The van der Waals surface area contributed by atoms with Crippen LogP contribution < -0.4 is 11.1 Å². The lowest BCUT2D eigenvalue weighted by Crippen LogP contribution is -2.25. The maximum absolute atomic E-state index is 11.9. The number of aliphatic carboxylic acids is 1. The maximum Gasteiger partial charge on any atom is 0.308 e. The highest BCUT2D eigenvalue weighted by molar-refractivity contribution is 7.16. The van der Waals surface area contributed by atoms with E-state index in [1.54, 1.807) is 35.6 Å². The highest BCUT2D eigenvalue weighted by Gasteiger charge is 2.21. The van der Waals surface area contributed by atoms with E-state index in [0.717, 1.165) is 33.7 Å². The number of nitrogens with one attached hydrogen (secondary N) is 1. The van der Waals surface area contributed by atoms with Gasteiger partial charge in [-0.2, -0.15) is 0 Å². The first kappa shape index (κ1) is 24.7. The van der Waals surface area contributed by atoms with Gasteiger partial charge < -0.3 is 16.2 Å². The summed E-state index contributed by atoms with van der Waals surface area (Å²) in [6.45, 7) is 6.49. The number of primary amides is 1. The van der Waals surface area contributed by atoms with Gasteiger partial charge in [-0.3, -0.25) is 9.59 Å². The highest BCUT2D eigenvalue weighted by atomic mass is 35.5.